The second-order valence-electron chi connectivity index (χ2n) is 4.84. The van der Waals surface area contributed by atoms with E-state index in [2.05, 4.69) is 5.32 Å². The lowest BCUT2D eigenvalue weighted by Gasteiger charge is -2.10. The predicted octanol–water partition coefficient (Wildman–Crippen LogP) is 3.35. The molecule has 7 nitrogen and oxygen atoms in total. The average Bonchev–Trinajstić information content (AvgIpc) is 2.57. The van der Waals surface area contributed by atoms with E-state index in [1.807, 2.05) is 0 Å². The fraction of sp³-hybridized carbons (Fsp3) is 0.125. The summed E-state index contributed by atoms with van der Waals surface area (Å²) in [5.41, 5.74) is 0.968. The molecule has 124 valence electrons. The van der Waals surface area contributed by atoms with Crippen molar-refractivity contribution in [1.29, 1.82) is 0 Å². The molecule has 1 N–H and O–H groups in total. The van der Waals surface area contributed by atoms with E-state index < -0.39 is 23.4 Å². The minimum absolute atomic E-state index is 0.00376. The quantitative estimate of drug-likeness (QED) is 0.507. The summed E-state index contributed by atoms with van der Waals surface area (Å²) < 4.78 is 4.86. The number of halogens is 1. The van der Waals surface area contributed by atoms with Gasteiger partial charge in [0.15, 0.2) is 6.61 Å². The van der Waals surface area contributed by atoms with E-state index in [-0.39, 0.29) is 11.3 Å². The smallest absolute Gasteiger partial charge is 0.338 e. The van der Waals surface area contributed by atoms with E-state index in [0.29, 0.717) is 16.3 Å². The monoisotopic (exact) mass is 348 g/mol. The molecule has 24 heavy (non-hydrogen) atoms. The van der Waals surface area contributed by atoms with Crippen LogP contribution < -0.4 is 5.32 Å². The summed E-state index contributed by atoms with van der Waals surface area (Å²) in [6.45, 7) is 1.22. The highest BCUT2D eigenvalue weighted by atomic mass is 35.5. The fourth-order valence-electron chi connectivity index (χ4n) is 1.89. The Labute approximate surface area is 142 Å². The van der Waals surface area contributed by atoms with Crippen LogP contribution in [0.1, 0.15) is 15.9 Å². The van der Waals surface area contributed by atoms with E-state index in [0.717, 1.165) is 6.07 Å². The van der Waals surface area contributed by atoms with Crippen molar-refractivity contribution in [2.75, 3.05) is 11.9 Å². The number of nitrogens with zero attached hydrogens (tertiary/aromatic N) is 1. The maximum Gasteiger partial charge on any atom is 0.338 e. The van der Waals surface area contributed by atoms with Gasteiger partial charge in [-0.1, -0.05) is 23.7 Å². The van der Waals surface area contributed by atoms with Gasteiger partial charge in [-0.2, -0.15) is 0 Å². The van der Waals surface area contributed by atoms with Gasteiger partial charge in [-0.05, 0) is 30.7 Å². The van der Waals surface area contributed by atoms with E-state index in [4.69, 9.17) is 16.3 Å². The largest absolute Gasteiger partial charge is 0.452 e. The molecule has 2 rings (SSSR count). The molecule has 0 bridgehead atoms. The lowest BCUT2D eigenvalue weighted by molar-refractivity contribution is -0.384. The van der Waals surface area contributed by atoms with Gasteiger partial charge in [0.1, 0.15) is 0 Å². The molecule has 0 atom stereocenters. The molecule has 0 saturated carbocycles. The average molecular weight is 349 g/mol. The highest BCUT2D eigenvalue weighted by Gasteiger charge is 2.14. The van der Waals surface area contributed by atoms with Crippen LogP contribution in [0.15, 0.2) is 42.5 Å². The number of hydrogen-bond donors (Lipinski definition) is 1. The molecule has 0 aliphatic heterocycles. The molecule has 1 amide bonds. The molecule has 0 spiro atoms. The Hall–Kier alpha value is -2.93. The maximum atomic E-state index is 11.9. The van der Waals surface area contributed by atoms with Crippen LogP contribution in [0.2, 0.25) is 5.02 Å². The number of nitro benzene ring substituents is 1. The molecule has 0 fully saturated rings. The number of nitro groups is 1. The molecule has 0 heterocycles. The lowest BCUT2D eigenvalue weighted by Crippen LogP contribution is -2.21. The van der Waals surface area contributed by atoms with E-state index >= 15 is 0 Å². The molecule has 0 aliphatic carbocycles. The van der Waals surface area contributed by atoms with Crippen molar-refractivity contribution in [2.24, 2.45) is 0 Å². The van der Waals surface area contributed by atoms with Crippen molar-refractivity contribution in [1.82, 2.24) is 0 Å². The Morgan fingerprint density at radius 3 is 2.67 bits per heavy atom. The van der Waals surface area contributed by atoms with Gasteiger partial charge in [0.05, 0.1) is 10.5 Å². The van der Waals surface area contributed by atoms with Crippen molar-refractivity contribution < 1.29 is 19.2 Å². The number of esters is 1. The minimum atomic E-state index is -0.823. The number of amides is 1. The van der Waals surface area contributed by atoms with Gasteiger partial charge in [-0.25, -0.2) is 4.79 Å². The zero-order valence-electron chi connectivity index (χ0n) is 12.6. The predicted molar refractivity (Wildman–Crippen MR) is 88.2 cm³/mol. The van der Waals surface area contributed by atoms with Gasteiger partial charge in [0, 0.05) is 22.8 Å². The number of ether oxygens (including phenoxy) is 1. The second kappa shape index (κ2) is 7.56. The first-order valence-corrected chi connectivity index (χ1v) is 7.23. The summed E-state index contributed by atoms with van der Waals surface area (Å²) in [4.78, 5) is 33.8. The number of rotatable bonds is 5. The highest BCUT2D eigenvalue weighted by Crippen LogP contribution is 2.22. The fourth-order valence-corrected chi connectivity index (χ4v) is 2.06. The summed E-state index contributed by atoms with van der Waals surface area (Å²) in [6.07, 6.45) is 0. The van der Waals surface area contributed by atoms with E-state index in [1.54, 1.807) is 25.1 Å². The van der Waals surface area contributed by atoms with Gasteiger partial charge < -0.3 is 10.1 Å². The third-order valence-electron chi connectivity index (χ3n) is 3.17. The first-order chi connectivity index (χ1) is 11.4. The van der Waals surface area contributed by atoms with Crippen LogP contribution in [0, 0.1) is 17.0 Å². The van der Waals surface area contributed by atoms with Gasteiger partial charge in [-0.15, -0.1) is 0 Å². The van der Waals surface area contributed by atoms with Crippen molar-refractivity contribution >= 4 is 34.9 Å². The summed E-state index contributed by atoms with van der Waals surface area (Å²) in [5.74, 6) is -1.36. The van der Waals surface area contributed by atoms with Gasteiger partial charge in [-0.3, -0.25) is 14.9 Å². The van der Waals surface area contributed by atoms with Gasteiger partial charge >= 0.3 is 5.97 Å². The molecule has 2 aromatic carbocycles. The number of hydrogen-bond acceptors (Lipinski definition) is 5. The maximum absolute atomic E-state index is 11.9. The van der Waals surface area contributed by atoms with Crippen LogP contribution in [-0.4, -0.2) is 23.4 Å². The first-order valence-electron chi connectivity index (χ1n) is 6.85. The summed E-state index contributed by atoms with van der Waals surface area (Å²) >= 11 is 5.95. The molecular weight excluding hydrogens is 336 g/mol. The zero-order chi connectivity index (χ0) is 17.7. The van der Waals surface area contributed by atoms with E-state index in [9.17, 15) is 19.7 Å². The van der Waals surface area contributed by atoms with Crippen molar-refractivity contribution in [3.05, 3.63) is 68.7 Å². The third-order valence-corrected chi connectivity index (χ3v) is 3.58. The van der Waals surface area contributed by atoms with Gasteiger partial charge in [0.2, 0.25) is 0 Å². The number of anilines is 1. The molecule has 0 aromatic heterocycles. The van der Waals surface area contributed by atoms with Crippen LogP contribution in [-0.2, 0) is 9.53 Å². The standard InChI is InChI=1S/C16H13ClN2O5/c1-10-13(17)6-3-7-14(10)18-15(20)9-24-16(21)11-4-2-5-12(8-11)19(22)23/h2-8H,9H2,1H3,(H,18,20). The molecule has 0 saturated heterocycles. The number of nitrogens with one attached hydrogen (secondary N) is 1. The molecule has 2 aromatic rings. The first kappa shape index (κ1) is 17.4. The minimum Gasteiger partial charge on any atom is -0.452 e. The van der Waals surface area contributed by atoms with Gasteiger partial charge in [0.25, 0.3) is 11.6 Å². The van der Waals surface area contributed by atoms with Crippen LogP contribution in [0.25, 0.3) is 0 Å². The number of non-ortho nitro benzene ring substituents is 1. The van der Waals surface area contributed by atoms with Crippen LogP contribution in [0.5, 0.6) is 0 Å². The summed E-state index contributed by atoms with van der Waals surface area (Å²) in [5, 5.41) is 13.8. The highest BCUT2D eigenvalue weighted by molar-refractivity contribution is 6.31. The normalized spacial score (nSPS) is 10.1. The SMILES string of the molecule is Cc1c(Cl)cccc1NC(=O)COC(=O)c1cccc([N+](=O)[O-])c1. The summed E-state index contributed by atoms with van der Waals surface area (Å²) in [6, 6.07) is 10.1. The number of carbonyl (C=O) groups excluding carboxylic acids is 2. The third kappa shape index (κ3) is 4.30. The Balaban J connectivity index is 1.96. The lowest BCUT2D eigenvalue weighted by atomic mass is 10.2. The number of benzene rings is 2. The zero-order valence-corrected chi connectivity index (χ0v) is 13.4. The Morgan fingerprint density at radius 2 is 1.96 bits per heavy atom. The molecule has 8 heteroatoms. The topological polar surface area (TPSA) is 98.5 Å². The van der Waals surface area contributed by atoms with Crippen LogP contribution in [0.3, 0.4) is 0 Å². The Morgan fingerprint density at radius 1 is 1.25 bits per heavy atom. The molecule has 0 aliphatic rings. The second-order valence-corrected chi connectivity index (χ2v) is 5.25. The van der Waals surface area contributed by atoms with Crippen LogP contribution in [0.4, 0.5) is 11.4 Å². The number of carbonyl (C=O) groups is 2. The molecule has 0 radical (unpaired) electrons. The van der Waals surface area contributed by atoms with Crippen molar-refractivity contribution in [3.63, 3.8) is 0 Å². The molecule has 0 unspecified atom stereocenters. The van der Waals surface area contributed by atoms with Crippen LogP contribution >= 0.6 is 11.6 Å². The summed E-state index contributed by atoms with van der Waals surface area (Å²) in [7, 11) is 0. The Bertz CT molecular complexity index is 807. The van der Waals surface area contributed by atoms with Crippen molar-refractivity contribution in [3.8, 4) is 0 Å². The van der Waals surface area contributed by atoms with E-state index in [1.165, 1.54) is 18.2 Å². The van der Waals surface area contributed by atoms with Crippen molar-refractivity contribution in [2.45, 2.75) is 6.92 Å². The Kier molecular flexibility index (Phi) is 5.49. The molecular formula is C16H13ClN2O5.